The predicted molar refractivity (Wildman–Crippen MR) is 122 cm³/mol. The largest absolute Gasteiger partial charge is 0.355 e. The molecule has 2 heterocycles. The second-order valence-electron chi connectivity index (χ2n) is 7.37. The smallest absolute Gasteiger partial charge is 0.261 e. The highest BCUT2D eigenvalue weighted by Crippen LogP contribution is 2.26. The van der Waals surface area contributed by atoms with Crippen molar-refractivity contribution in [3.63, 3.8) is 0 Å². The molecule has 0 saturated carbocycles. The van der Waals surface area contributed by atoms with Crippen LogP contribution in [0.2, 0.25) is 0 Å². The number of amides is 1. The van der Waals surface area contributed by atoms with Crippen molar-refractivity contribution in [3.05, 3.63) is 78.5 Å². The predicted octanol–water partition coefficient (Wildman–Crippen LogP) is 4.13. The number of sulfonamides is 1. The molecule has 160 valence electrons. The third-order valence-corrected chi connectivity index (χ3v) is 6.54. The van der Waals surface area contributed by atoms with Gasteiger partial charge in [0.1, 0.15) is 0 Å². The van der Waals surface area contributed by atoms with Crippen LogP contribution in [0.25, 0.3) is 0 Å². The van der Waals surface area contributed by atoms with Crippen LogP contribution in [0.1, 0.15) is 29.6 Å². The van der Waals surface area contributed by atoms with Crippen molar-refractivity contribution in [1.82, 2.24) is 4.98 Å². The zero-order valence-corrected chi connectivity index (χ0v) is 17.8. The van der Waals surface area contributed by atoms with Crippen LogP contribution in [0.15, 0.2) is 77.8 Å². The minimum absolute atomic E-state index is 0.0864. The van der Waals surface area contributed by atoms with Crippen molar-refractivity contribution >= 4 is 33.1 Å². The minimum atomic E-state index is -3.73. The van der Waals surface area contributed by atoms with Crippen LogP contribution in [-0.2, 0) is 10.0 Å². The molecule has 7 nitrogen and oxygen atoms in total. The standard InChI is InChI=1S/C23H24N4O3S/c28-23(25-21-10-7-15-24-22(21)27-16-5-2-6-17-27)18-11-13-20(14-12-18)31(29,30)26-19-8-3-1-4-9-19/h1,3-4,7-15,26H,2,5-6,16-17H2,(H,25,28). The zero-order chi connectivity index (χ0) is 21.7. The van der Waals surface area contributed by atoms with E-state index in [1.165, 1.54) is 30.7 Å². The number of carbonyl (C=O) groups is 1. The maximum Gasteiger partial charge on any atom is 0.261 e. The number of anilines is 3. The van der Waals surface area contributed by atoms with E-state index in [2.05, 4.69) is 19.9 Å². The Morgan fingerprint density at radius 2 is 1.58 bits per heavy atom. The van der Waals surface area contributed by atoms with Gasteiger partial charge in [0.15, 0.2) is 5.82 Å². The van der Waals surface area contributed by atoms with Gasteiger partial charge >= 0.3 is 0 Å². The molecule has 0 aliphatic carbocycles. The number of pyridine rings is 1. The van der Waals surface area contributed by atoms with Crippen LogP contribution in [0, 0.1) is 0 Å². The number of hydrogen-bond donors (Lipinski definition) is 2. The van der Waals surface area contributed by atoms with Crippen LogP contribution in [-0.4, -0.2) is 32.4 Å². The molecule has 3 aromatic rings. The first-order valence-corrected chi connectivity index (χ1v) is 11.7. The van der Waals surface area contributed by atoms with Crippen molar-refractivity contribution in [2.75, 3.05) is 28.0 Å². The average Bonchev–Trinajstić information content (AvgIpc) is 2.80. The third-order valence-electron chi connectivity index (χ3n) is 5.14. The quantitative estimate of drug-likeness (QED) is 0.606. The first-order valence-electron chi connectivity index (χ1n) is 10.2. The fraction of sp³-hybridized carbons (Fsp3) is 0.217. The van der Waals surface area contributed by atoms with Gasteiger partial charge in [-0.05, 0) is 67.8 Å². The summed E-state index contributed by atoms with van der Waals surface area (Å²) < 4.78 is 27.7. The van der Waals surface area contributed by atoms with Crippen LogP contribution in [0.5, 0.6) is 0 Å². The van der Waals surface area contributed by atoms with Gasteiger partial charge in [0, 0.05) is 30.5 Å². The zero-order valence-electron chi connectivity index (χ0n) is 17.0. The number of nitrogens with one attached hydrogen (secondary N) is 2. The lowest BCUT2D eigenvalue weighted by atomic mass is 10.1. The molecule has 1 saturated heterocycles. The molecular formula is C23H24N4O3S. The van der Waals surface area contributed by atoms with E-state index in [9.17, 15) is 13.2 Å². The van der Waals surface area contributed by atoms with Gasteiger partial charge in [0.2, 0.25) is 0 Å². The number of hydrogen-bond acceptors (Lipinski definition) is 5. The molecule has 1 amide bonds. The highest BCUT2D eigenvalue weighted by Gasteiger charge is 2.18. The Morgan fingerprint density at radius 3 is 2.29 bits per heavy atom. The number of aromatic nitrogens is 1. The summed E-state index contributed by atoms with van der Waals surface area (Å²) in [5.74, 6) is 0.452. The molecule has 0 radical (unpaired) electrons. The molecule has 0 spiro atoms. The molecular weight excluding hydrogens is 412 g/mol. The summed E-state index contributed by atoms with van der Waals surface area (Å²) >= 11 is 0. The van der Waals surface area contributed by atoms with E-state index in [4.69, 9.17) is 0 Å². The van der Waals surface area contributed by atoms with Gasteiger partial charge in [-0.1, -0.05) is 18.2 Å². The molecule has 0 unspecified atom stereocenters. The molecule has 0 bridgehead atoms. The van der Waals surface area contributed by atoms with Gasteiger partial charge in [0.25, 0.3) is 15.9 Å². The Hall–Kier alpha value is -3.39. The Balaban J connectivity index is 1.48. The summed E-state index contributed by atoms with van der Waals surface area (Å²) in [6.45, 7) is 1.84. The van der Waals surface area contributed by atoms with Gasteiger partial charge in [-0.3, -0.25) is 9.52 Å². The molecule has 31 heavy (non-hydrogen) atoms. The topological polar surface area (TPSA) is 91.4 Å². The maximum absolute atomic E-state index is 12.8. The third kappa shape index (κ3) is 5.03. The fourth-order valence-corrected chi connectivity index (χ4v) is 4.61. The van der Waals surface area contributed by atoms with Gasteiger partial charge in [-0.15, -0.1) is 0 Å². The molecule has 0 atom stereocenters. The minimum Gasteiger partial charge on any atom is -0.355 e. The molecule has 1 aromatic heterocycles. The van der Waals surface area contributed by atoms with E-state index in [1.54, 1.807) is 36.5 Å². The lowest BCUT2D eigenvalue weighted by Gasteiger charge is -2.29. The first kappa shape index (κ1) is 20.9. The first-order chi connectivity index (χ1) is 15.0. The lowest BCUT2D eigenvalue weighted by Crippen LogP contribution is -2.31. The summed E-state index contributed by atoms with van der Waals surface area (Å²) in [4.78, 5) is 19.5. The lowest BCUT2D eigenvalue weighted by molar-refractivity contribution is 0.102. The van der Waals surface area contributed by atoms with E-state index in [-0.39, 0.29) is 10.8 Å². The second kappa shape index (κ2) is 9.18. The Kier molecular flexibility index (Phi) is 6.18. The number of benzene rings is 2. The summed E-state index contributed by atoms with van der Waals surface area (Å²) in [6, 6.07) is 18.1. The van der Waals surface area contributed by atoms with Crippen molar-refractivity contribution in [1.29, 1.82) is 0 Å². The highest BCUT2D eigenvalue weighted by atomic mass is 32.2. The Bertz CT molecular complexity index is 1140. The van der Waals surface area contributed by atoms with E-state index < -0.39 is 10.0 Å². The van der Waals surface area contributed by atoms with Gasteiger partial charge in [-0.2, -0.15) is 0 Å². The van der Waals surface area contributed by atoms with Crippen molar-refractivity contribution in [2.24, 2.45) is 0 Å². The highest BCUT2D eigenvalue weighted by molar-refractivity contribution is 7.92. The number of piperidine rings is 1. The summed E-state index contributed by atoms with van der Waals surface area (Å²) in [5.41, 5.74) is 1.50. The molecule has 1 fully saturated rings. The summed E-state index contributed by atoms with van der Waals surface area (Å²) in [7, 11) is -3.73. The van der Waals surface area contributed by atoms with Crippen LogP contribution in [0.4, 0.5) is 17.2 Å². The summed E-state index contributed by atoms with van der Waals surface area (Å²) in [6.07, 6.45) is 5.15. The fourth-order valence-electron chi connectivity index (χ4n) is 3.55. The second-order valence-corrected chi connectivity index (χ2v) is 9.05. The molecule has 2 aromatic carbocycles. The summed E-state index contributed by atoms with van der Waals surface area (Å²) in [5, 5.41) is 2.91. The van der Waals surface area contributed by atoms with Crippen LogP contribution in [0.3, 0.4) is 0 Å². The van der Waals surface area contributed by atoms with E-state index in [0.29, 0.717) is 16.9 Å². The van der Waals surface area contributed by atoms with Crippen molar-refractivity contribution in [3.8, 4) is 0 Å². The number of para-hydroxylation sites is 1. The Morgan fingerprint density at radius 1 is 0.871 bits per heavy atom. The van der Waals surface area contributed by atoms with Crippen molar-refractivity contribution in [2.45, 2.75) is 24.2 Å². The van der Waals surface area contributed by atoms with E-state index in [0.717, 1.165) is 31.7 Å². The van der Waals surface area contributed by atoms with Gasteiger partial charge < -0.3 is 10.2 Å². The van der Waals surface area contributed by atoms with Crippen molar-refractivity contribution < 1.29 is 13.2 Å². The average molecular weight is 437 g/mol. The number of nitrogens with zero attached hydrogens (tertiary/aromatic N) is 2. The maximum atomic E-state index is 12.8. The molecule has 4 rings (SSSR count). The number of rotatable bonds is 6. The van der Waals surface area contributed by atoms with Gasteiger partial charge in [0.05, 0.1) is 10.6 Å². The molecule has 8 heteroatoms. The molecule has 1 aliphatic rings. The van der Waals surface area contributed by atoms with E-state index >= 15 is 0 Å². The molecule has 1 aliphatic heterocycles. The molecule has 2 N–H and O–H groups in total. The van der Waals surface area contributed by atoms with Crippen LogP contribution >= 0.6 is 0 Å². The normalized spacial score (nSPS) is 14.1. The SMILES string of the molecule is O=C(Nc1cccnc1N1CCCCC1)c1ccc(S(=O)(=O)Nc2ccccc2)cc1. The van der Waals surface area contributed by atoms with Gasteiger partial charge in [-0.25, -0.2) is 13.4 Å². The number of carbonyl (C=O) groups excluding carboxylic acids is 1. The van der Waals surface area contributed by atoms with E-state index in [1.807, 2.05) is 12.1 Å². The Labute approximate surface area is 182 Å². The monoisotopic (exact) mass is 436 g/mol. The van der Waals surface area contributed by atoms with Crippen LogP contribution < -0.4 is 14.9 Å².